The monoisotopic (exact) mass is 418 g/mol. The van der Waals surface area contributed by atoms with Gasteiger partial charge in [0.25, 0.3) is 10.9 Å². The van der Waals surface area contributed by atoms with Crippen LogP contribution in [0.5, 0.6) is 0 Å². The molecule has 8 nitrogen and oxygen atoms in total. The minimum absolute atomic E-state index is 0.325. The fraction of sp³-hybridized carbons (Fsp3) is 0.500. The number of unbranched alkanes of at least 4 members (excludes halogenated alkanes) is 2. The van der Waals surface area contributed by atoms with Gasteiger partial charge in [0.05, 0.1) is 5.69 Å². The largest absolute Gasteiger partial charge is 0.408 e. The quantitative estimate of drug-likeness (QED) is 0.201. The van der Waals surface area contributed by atoms with E-state index < -0.39 is 23.6 Å². The number of hydrogen-bond donors (Lipinski definition) is 4. The topological polar surface area (TPSA) is 122 Å². The summed E-state index contributed by atoms with van der Waals surface area (Å²) in [4.78, 5) is 30.1. The van der Waals surface area contributed by atoms with E-state index in [9.17, 15) is 22.8 Å². The van der Waals surface area contributed by atoms with E-state index in [0.29, 0.717) is 29.5 Å². The Bertz CT molecular complexity index is 886. The van der Waals surface area contributed by atoms with Gasteiger partial charge in [-0.05, 0) is 19.3 Å². The van der Waals surface area contributed by atoms with Crippen LogP contribution in [0.4, 0.5) is 29.7 Å². The second-order valence-electron chi connectivity index (χ2n) is 5.98. The van der Waals surface area contributed by atoms with Crippen molar-refractivity contribution in [2.75, 3.05) is 36.1 Å². The zero-order valence-corrected chi connectivity index (χ0v) is 16.0. The second kappa shape index (κ2) is 9.53. The molecule has 1 aromatic carbocycles. The number of nitrogens with zero attached hydrogens (tertiary/aromatic N) is 2. The van der Waals surface area contributed by atoms with Crippen LogP contribution >= 0.6 is 11.3 Å². The Hall–Kier alpha value is -2.63. The molecule has 1 heterocycles. The number of rotatable bonds is 10. The summed E-state index contributed by atoms with van der Waals surface area (Å²) >= 11 is 1.24. The van der Waals surface area contributed by atoms with Crippen LogP contribution in [-0.2, 0) is 6.42 Å². The van der Waals surface area contributed by atoms with E-state index in [1.807, 2.05) is 0 Å². The van der Waals surface area contributed by atoms with Crippen LogP contribution in [0.1, 0.15) is 25.0 Å². The smallest absolute Gasteiger partial charge is 0.383 e. The third-order valence-electron chi connectivity index (χ3n) is 3.79. The molecule has 154 valence electrons. The molecule has 0 saturated carbocycles. The molecule has 12 heteroatoms. The lowest BCUT2D eigenvalue weighted by atomic mass is 10.1. The van der Waals surface area contributed by atoms with Crippen LogP contribution in [0.2, 0.25) is 0 Å². The van der Waals surface area contributed by atoms with E-state index in [0.717, 1.165) is 25.0 Å². The van der Waals surface area contributed by atoms with Gasteiger partial charge in [0.1, 0.15) is 17.9 Å². The van der Waals surface area contributed by atoms with Crippen molar-refractivity contribution < 1.29 is 13.2 Å². The number of anilines is 3. The Kier molecular flexibility index (Phi) is 7.38. The van der Waals surface area contributed by atoms with E-state index in [2.05, 4.69) is 25.9 Å². The normalized spacial score (nSPS) is 12.4. The summed E-state index contributed by atoms with van der Waals surface area (Å²) in [6.45, 7) is -0.764. The van der Waals surface area contributed by atoms with Gasteiger partial charge in [-0.1, -0.05) is 6.42 Å². The number of aliphatic imine (C=N–C) groups is 1. The molecule has 0 spiro atoms. The van der Waals surface area contributed by atoms with Crippen LogP contribution in [0, 0.1) is 0 Å². The third-order valence-corrected chi connectivity index (χ3v) is 4.59. The van der Waals surface area contributed by atoms with Crippen molar-refractivity contribution >= 4 is 33.8 Å². The first kappa shape index (κ1) is 21.7. The average molecular weight is 418 g/mol. The number of aromatic nitrogens is 1. The highest BCUT2D eigenvalue weighted by Crippen LogP contribution is 2.18. The maximum Gasteiger partial charge on any atom is 0.408 e. The van der Waals surface area contributed by atoms with Crippen molar-refractivity contribution in [2.45, 2.75) is 31.9 Å². The van der Waals surface area contributed by atoms with Gasteiger partial charge in [0.2, 0.25) is 0 Å². The molecule has 28 heavy (non-hydrogen) atoms. The third kappa shape index (κ3) is 6.22. The van der Waals surface area contributed by atoms with Gasteiger partial charge >= 0.3 is 6.18 Å². The van der Waals surface area contributed by atoms with Crippen LogP contribution in [0.15, 0.2) is 20.0 Å². The average Bonchev–Trinajstić information content (AvgIpc) is 3.07. The number of halogens is 3. The Morgan fingerprint density at radius 3 is 2.61 bits per heavy atom. The first-order chi connectivity index (χ1) is 13.2. The number of guanidine groups is 1. The van der Waals surface area contributed by atoms with Crippen LogP contribution in [0.3, 0.4) is 0 Å². The van der Waals surface area contributed by atoms with Gasteiger partial charge in [0.15, 0.2) is 11.1 Å². The summed E-state index contributed by atoms with van der Waals surface area (Å²) in [5.41, 5.74) is 5.88. The van der Waals surface area contributed by atoms with Crippen LogP contribution in [0.25, 0.3) is 0 Å². The molecular formula is C16H21F3N6O2S. The summed E-state index contributed by atoms with van der Waals surface area (Å²) in [5.74, 6) is -0.330. The Balaban J connectivity index is 1.66. The summed E-state index contributed by atoms with van der Waals surface area (Å²) in [6.07, 6.45) is -1.14. The van der Waals surface area contributed by atoms with Crippen LogP contribution in [-0.4, -0.2) is 37.3 Å². The maximum absolute atomic E-state index is 12.1. The van der Waals surface area contributed by atoms with Crippen LogP contribution < -0.4 is 32.5 Å². The SMILES string of the molecule is CNc1c(NCCCCCc2csc(NC(N)=NCC(F)(F)F)n2)c(=O)c1=O. The number of hydrogen-bond acceptors (Lipinski definition) is 7. The van der Waals surface area contributed by atoms with E-state index >= 15 is 0 Å². The molecule has 5 N–H and O–H groups in total. The lowest BCUT2D eigenvalue weighted by Gasteiger charge is -2.12. The van der Waals surface area contributed by atoms with Gasteiger partial charge in [-0.2, -0.15) is 13.2 Å². The van der Waals surface area contributed by atoms with Gasteiger partial charge in [0, 0.05) is 19.0 Å². The number of thiazole rings is 1. The number of nitrogens with one attached hydrogen (secondary N) is 3. The van der Waals surface area contributed by atoms with Gasteiger partial charge in [-0.15, -0.1) is 11.3 Å². The molecule has 2 aromatic rings. The van der Waals surface area contributed by atoms with E-state index in [1.165, 1.54) is 11.3 Å². The number of nitrogens with two attached hydrogens (primary N) is 1. The van der Waals surface area contributed by atoms with Crippen molar-refractivity contribution in [1.82, 2.24) is 4.98 Å². The van der Waals surface area contributed by atoms with Crippen molar-refractivity contribution in [1.29, 1.82) is 0 Å². The summed E-state index contributed by atoms with van der Waals surface area (Å²) in [6, 6.07) is 0. The molecule has 2 rings (SSSR count). The van der Waals surface area contributed by atoms with Crippen molar-refractivity contribution in [3.05, 3.63) is 31.5 Å². The van der Waals surface area contributed by atoms with E-state index in [-0.39, 0.29) is 5.96 Å². The van der Waals surface area contributed by atoms with Crippen molar-refractivity contribution in [3.8, 4) is 0 Å². The fourth-order valence-corrected chi connectivity index (χ4v) is 3.17. The zero-order valence-electron chi connectivity index (χ0n) is 15.2. The molecular weight excluding hydrogens is 397 g/mol. The minimum Gasteiger partial charge on any atom is -0.383 e. The molecule has 1 aromatic heterocycles. The minimum atomic E-state index is -4.40. The van der Waals surface area contributed by atoms with Gasteiger partial charge in [-0.3, -0.25) is 9.59 Å². The zero-order chi connectivity index (χ0) is 20.7. The maximum atomic E-state index is 12.1. The molecule has 0 radical (unpaired) electrons. The first-order valence-corrected chi connectivity index (χ1v) is 9.42. The summed E-state index contributed by atoms with van der Waals surface area (Å²) in [5, 5.41) is 10.4. The Labute approximate surface area is 162 Å². The first-order valence-electron chi connectivity index (χ1n) is 8.54. The van der Waals surface area contributed by atoms with E-state index in [1.54, 1.807) is 12.4 Å². The highest BCUT2D eigenvalue weighted by Gasteiger charge is 2.26. The lowest BCUT2D eigenvalue weighted by molar-refractivity contribution is -0.118. The Morgan fingerprint density at radius 1 is 1.21 bits per heavy atom. The predicted octanol–water partition coefficient (Wildman–Crippen LogP) is 1.89. The fourth-order valence-electron chi connectivity index (χ4n) is 2.42. The number of alkyl halides is 3. The molecule has 0 aliphatic rings. The predicted molar refractivity (Wildman–Crippen MR) is 105 cm³/mol. The molecule has 0 amide bonds. The Morgan fingerprint density at radius 2 is 1.93 bits per heavy atom. The molecule has 0 aliphatic heterocycles. The molecule has 0 aliphatic carbocycles. The van der Waals surface area contributed by atoms with Gasteiger partial charge in [-0.25, -0.2) is 9.98 Å². The lowest BCUT2D eigenvalue weighted by Crippen LogP contribution is -2.36. The highest BCUT2D eigenvalue weighted by atomic mass is 32.1. The summed E-state index contributed by atoms with van der Waals surface area (Å²) < 4.78 is 36.2. The molecule has 0 bridgehead atoms. The highest BCUT2D eigenvalue weighted by molar-refractivity contribution is 7.13. The van der Waals surface area contributed by atoms with Crippen molar-refractivity contribution in [3.63, 3.8) is 0 Å². The number of aryl methyl sites for hydroxylation is 1. The molecule has 0 saturated heterocycles. The van der Waals surface area contributed by atoms with E-state index in [4.69, 9.17) is 5.73 Å². The van der Waals surface area contributed by atoms with Gasteiger partial charge < -0.3 is 21.7 Å². The molecule has 0 unspecified atom stereocenters. The molecule has 0 atom stereocenters. The standard InChI is InChI=1S/C16H21F3N6O2S/c1-21-10-11(13(27)12(10)26)22-6-4-2-3-5-9-7-28-15(24-9)25-14(20)23-8-16(17,18)19/h7,21-22H,2-6,8H2,1H3,(H3,20,23,24,25). The second-order valence-corrected chi connectivity index (χ2v) is 6.84. The van der Waals surface area contributed by atoms with Crippen molar-refractivity contribution in [2.24, 2.45) is 10.7 Å². The molecule has 0 fully saturated rings. The summed E-state index contributed by atoms with van der Waals surface area (Å²) in [7, 11) is 1.59.